The molecule has 60 heavy (non-hydrogen) atoms. The Morgan fingerprint density at radius 3 is 0.600 bits per heavy atom. The van der Waals surface area contributed by atoms with Crippen LogP contribution in [0.15, 0.2) is 0 Å². The van der Waals surface area contributed by atoms with E-state index in [9.17, 15) is 59.4 Å². The molecule has 0 amide bonds. The molecule has 346 valence electrons. The number of carboxylic acid groups (broad SMARTS) is 6. The third-order valence-electron chi connectivity index (χ3n) is 8.97. The zero-order chi connectivity index (χ0) is 47.3. The van der Waals surface area contributed by atoms with Gasteiger partial charge in [-0.1, -0.05) is 0 Å². The third kappa shape index (κ3) is 43.8. The summed E-state index contributed by atoms with van der Waals surface area (Å²) < 4.78 is 2.91. The van der Waals surface area contributed by atoms with E-state index in [2.05, 4.69) is 89.6 Å². The molecular formula is C40H70O12S6Sn2. The van der Waals surface area contributed by atoms with Crippen molar-refractivity contribution in [3.63, 3.8) is 0 Å². The van der Waals surface area contributed by atoms with Crippen LogP contribution in [0.3, 0.4) is 0 Å². The Hall–Kier alpha value is 0.517. The predicted molar refractivity (Wildman–Crippen MR) is 250 cm³/mol. The third-order valence-corrected chi connectivity index (χ3v) is 12.5. The van der Waals surface area contributed by atoms with Crippen molar-refractivity contribution in [2.75, 3.05) is 34.5 Å². The summed E-state index contributed by atoms with van der Waals surface area (Å²) in [7, 11) is 0. The Morgan fingerprint density at radius 2 is 0.483 bits per heavy atom. The topological polar surface area (TPSA) is 241 Å². The molecule has 0 aliphatic rings. The number of carboxylic acids is 6. The van der Waals surface area contributed by atoms with Crippen molar-refractivity contribution in [2.24, 2.45) is 35.5 Å². The zero-order valence-corrected chi connectivity index (χ0v) is 46.5. The van der Waals surface area contributed by atoms with E-state index in [1.54, 1.807) is 45.0 Å². The monoisotopic (exact) mass is 1170 g/mol. The van der Waals surface area contributed by atoms with E-state index in [-0.39, 0.29) is 38.5 Å². The Bertz CT molecular complexity index is 872. The molecule has 0 saturated heterocycles. The van der Waals surface area contributed by atoms with E-state index >= 15 is 0 Å². The zero-order valence-electron chi connectivity index (χ0n) is 35.4. The van der Waals surface area contributed by atoms with Crippen molar-refractivity contribution in [3.05, 3.63) is 0 Å². The first-order valence-corrected chi connectivity index (χ1v) is 28.5. The molecule has 0 radical (unpaired) electrons. The number of thiol groups is 6. The fraction of sp³-hybridized carbons (Fsp3) is 0.850. The van der Waals surface area contributed by atoms with Gasteiger partial charge in [0.1, 0.15) is 0 Å². The van der Waals surface area contributed by atoms with E-state index in [0.29, 0.717) is 34.5 Å². The van der Waals surface area contributed by atoms with Gasteiger partial charge in [0.15, 0.2) is 0 Å². The molecule has 0 aromatic rings. The molecule has 0 aliphatic carbocycles. The molecule has 0 fully saturated rings. The van der Waals surface area contributed by atoms with Crippen molar-refractivity contribution in [3.8, 4) is 0 Å². The van der Waals surface area contributed by atoms with Gasteiger partial charge in [0.05, 0.1) is 0 Å². The standard InChI is InChI=1S/3C8H14O4S2.2C8H17.2Sn/c3*9-7(10)5(1-3-13)6(2-4-14)8(11)12;2*1-3-5-7-8-6-4-2;;/h3*5-6,13-14H,1-4H2,(H,9,10)(H,11,12);2*1,3-8H2,2H3;;/q;;;;;2*+3/p-6. The second-order valence-electron chi connectivity index (χ2n) is 13.7. The Morgan fingerprint density at radius 1 is 0.333 bits per heavy atom. The first kappa shape index (κ1) is 69.6. The smallest absolute Gasteiger partial charge is 0.0452 e. The van der Waals surface area contributed by atoms with Gasteiger partial charge in [-0.25, -0.2) is 0 Å². The molecule has 6 atom stereocenters. The van der Waals surface area contributed by atoms with Gasteiger partial charge in [0.25, 0.3) is 0 Å². The van der Waals surface area contributed by atoms with Crippen molar-refractivity contribution < 1.29 is 59.4 Å². The van der Waals surface area contributed by atoms with Gasteiger partial charge in [-0.05, 0) is 73.0 Å². The van der Waals surface area contributed by atoms with Crippen LogP contribution in [-0.2, 0) is 28.8 Å². The minimum absolute atomic E-state index is 0.165. The second kappa shape index (κ2) is 52.1. The number of carbonyl (C=O) groups is 6. The summed E-state index contributed by atoms with van der Waals surface area (Å²) in [6.45, 7) is 4.54. The van der Waals surface area contributed by atoms with Crippen LogP contribution in [-0.4, -0.2) is 115 Å². The fourth-order valence-corrected chi connectivity index (χ4v) is 8.64. The number of carbonyl (C=O) groups excluding carboxylic acids is 6. The van der Waals surface area contributed by atoms with Gasteiger partial charge in [-0.2, -0.15) is 75.8 Å². The molecule has 0 rings (SSSR count). The van der Waals surface area contributed by atoms with E-state index < -0.39 is 71.3 Å². The summed E-state index contributed by atoms with van der Waals surface area (Å²) in [6.07, 6.45) is 18.4. The summed E-state index contributed by atoms with van der Waals surface area (Å²) in [5, 5.41) is 63.9. The first-order valence-electron chi connectivity index (χ1n) is 20.6. The van der Waals surface area contributed by atoms with E-state index in [0.717, 1.165) is 0 Å². The van der Waals surface area contributed by atoms with Crippen LogP contribution >= 0.6 is 75.8 Å². The molecule has 12 nitrogen and oxygen atoms in total. The molecule has 0 saturated carbocycles. The molecule has 0 aromatic heterocycles. The Labute approximate surface area is 420 Å². The Kier molecular flexibility index (Phi) is 60.4. The molecule has 0 aliphatic heterocycles. The van der Waals surface area contributed by atoms with Crippen molar-refractivity contribution >= 4 is 157 Å². The normalized spacial score (nSPS) is 13.3. The van der Waals surface area contributed by atoms with Gasteiger partial charge in [0, 0.05) is 71.3 Å². The maximum absolute atomic E-state index is 10.6. The average molecular weight is 1170 g/mol. The van der Waals surface area contributed by atoms with Crippen LogP contribution < -0.4 is 30.6 Å². The molecule has 0 spiro atoms. The van der Waals surface area contributed by atoms with Gasteiger partial charge < -0.3 is 59.4 Å². The van der Waals surface area contributed by atoms with Crippen molar-refractivity contribution in [2.45, 2.75) is 138 Å². The van der Waals surface area contributed by atoms with Gasteiger partial charge in [0.2, 0.25) is 0 Å². The van der Waals surface area contributed by atoms with E-state index in [1.165, 1.54) is 85.9 Å². The van der Waals surface area contributed by atoms with Crippen LogP contribution in [0, 0.1) is 35.5 Å². The summed E-state index contributed by atoms with van der Waals surface area (Å²) in [4.78, 5) is 63.9. The number of unbranched alkanes of at least 4 members (excludes halogenated alkanes) is 10. The summed E-state index contributed by atoms with van der Waals surface area (Å²) in [5.41, 5.74) is 0. The molecular weight excluding hydrogens is 1100 g/mol. The van der Waals surface area contributed by atoms with Gasteiger partial charge in [-0.15, -0.1) is 0 Å². The minimum Gasteiger partial charge on any atom is -0.550 e. The maximum atomic E-state index is 10.6. The molecule has 20 heteroatoms. The molecule has 0 bridgehead atoms. The molecule has 0 heterocycles. The predicted octanol–water partition coefficient (Wildman–Crippen LogP) is 0.943. The number of rotatable bonds is 33. The fourth-order valence-electron chi connectivity index (χ4n) is 5.54. The maximum Gasteiger partial charge on any atom is 0.0452 e. The quantitative estimate of drug-likeness (QED) is 0.0306. The van der Waals surface area contributed by atoms with Gasteiger partial charge in [-0.3, -0.25) is 0 Å². The summed E-state index contributed by atoms with van der Waals surface area (Å²) in [5.74, 6) is -12.6. The van der Waals surface area contributed by atoms with Crippen molar-refractivity contribution in [1.82, 2.24) is 0 Å². The number of hydrogen-bond acceptors (Lipinski definition) is 18. The van der Waals surface area contributed by atoms with Crippen molar-refractivity contribution in [1.29, 1.82) is 0 Å². The van der Waals surface area contributed by atoms with Crippen LogP contribution in [0.2, 0.25) is 8.87 Å². The summed E-state index contributed by atoms with van der Waals surface area (Å²) >= 11 is 26.6. The second-order valence-corrected chi connectivity index (χ2v) is 19.2. The minimum atomic E-state index is -1.37. The van der Waals surface area contributed by atoms with E-state index in [4.69, 9.17) is 0 Å². The number of hydrogen-bond donors (Lipinski definition) is 6. The average Bonchev–Trinajstić information content (AvgIpc) is 3.19. The molecule has 0 aromatic carbocycles. The summed E-state index contributed by atoms with van der Waals surface area (Å²) in [6, 6.07) is 0. The Balaban J connectivity index is -0.000000213. The first-order chi connectivity index (χ1) is 28.4. The van der Waals surface area contributed by atoms with Crippen LogP contribution in [0.1, 0.15) is 129 Å². The molecule has 0 N–H and O–H groups in total. The molecule has 6 unspecified atom stereocenters. The van der Waals surface area contributed by atoms with Crippen LogP contribution in [0.25, 0.3) is 0 Å². The number of aliphatic carboxylic acids is 6. The van der Waals surface area contributed by atoms with E-state index in [1.807, 2.05) is 0 Å². The SMILES string of the molecule is CCCCCCC[CH2][Sn+3].CCCCCCC[CH2][Sn+3].O=C([O-])C(CCS)C(CCS)C(=O)[O-].O=C([O-])C(CCS)C(CCS)C(=O)[O-].O=C([O-])C(CCS)C(CCS)C(=O)[O-]. The van der Waals surface area contributed by atoms with Crippen LogP contribution in [0.4, 0.5) is 0 Å². The largest absolute Gasteiger partial charge is 0.550 e. The van der Waals surface area contributed by atoms with Crippen LogP contribution in [0.5, 0.6) is 0 Å². The van der Waals surface area contributed by atoms with Gasteiger partial charge >= 0.3 is 145 Å².